The maximum absolute atomic E-state index is 11.3. The number of hydrogen-bond donors (Lipinski definition) is 0. The van der Waals surface area contributed by atoms with Gasteiger partial charge in [-0.1, -0.05) is 0 Å². The SMILES string of the molecule is COC(=O)CCS(=O)(=O)CCCCC#N. The predicted molar refractivity (Wildman–Crippen MR) is 54.8 cm³/mol. The highest BCUT2D eigenvalue weighted by Gasteiger charge is 2.13. The van der Waals surface area contributed by atoms with Crippen LogP contribution in [0, 0.1) is 11.3 Å². The number of hydrogen-bond acceptors (Lipinski definition) is 5. The number of nitrogens with zero attached hydrogens (tertiary/aromatic N) is 1. The van der Waals surface area contributed by atoms with E-state index in [1.54, 1.807) is 0 Å². The molecule has 0 aromatic heterocycles. The molecule has 0 aliphatic heterocycles. The number of sulfone groups is 1. The van der Waals surface area contributed by atoms with E-state index in [1.807, 2.05) is 6.07 Å². The molecular formula is C9H15NO4S. The number of carbonyl (C=O) groups is 1. The van der Waals surface area contributed by atoms with Gasteiger partial charge in [-0.2, -0.15) is 5.26 Å². The molecule has 0 rings (SSSR count). The Bertz CT molecular complexity index is 329. The van der Waals surface area contributed by atoms with Crippen LogP contribution in [0.1, 0.15) is 25.7 Å². The number of rotatable bonds is 7. The van der Waals surface area contributed by atoms with E-state index in [0.29, 0.717) is 19.3 Å². The molecule has 0 heterocycles. The largest absolute Gasteiger partial charge is 0.469 e. The second-order valence-electron chi connectivity index (χ2n) is 3.09. The first kappa shape index (κ1) is 13.9. The predicted octanol–water partition coefficient (Wildman–Crippen LogP) is 0.658. The van der Waals surface area contributed by atoms with E-state index in [4.69, 9.17) is 5.26 Å². The second-order valence-corrected chi connectivity index (χ2v) is 5.40. The van der Waals surface area contributed by atoms with Gasteiger partial charge >= 0.3 is 5.97 Å². The van der Waals surface area contributed by atoms with Crippen molar-refractivity contribution >= 4 is 15.8 Å². The molecule has 0 aromatic carbocycles. The summed E-state index contributed by atoms with van der Waals surface area (Å²) >= 11 is 0. The van der Waals surface area contributed by atoms with Crippen molar-refractivity contribution in [1.82, 2.24) is 0 Å². The van der Waals surface area contributed by atoms with Crippen LogP contribution in [0.15, 0.2) is 0 Å². The maximum Gasteiger partial charge on any atom is 0.306 e. The lowest BCUT2D eigenvalue weighted by Gasteiger charge is -2.02. The Morgan fingerprint density at radius 1 is 1.33 bits per heavy atom. The van der Waals surface area contributed by atoms with E-state index in [-0.39, 0.29) is 17.9 Å². The zero-order valence-electron chi connectivity index (χ0n) is 8.73. The molecule has 0 fully saturated rings. The number of carbonyl (C=O) groups excluding carboxylic acids is 1. The average Bonchev–Trinajstić information content (AvgIpc) is 2.21. The molecule has 5 nitrogen and oxygen atoms in total. The molecular weight excluding hydrogens is 218 g/mol. The molecule has 0 amide bonds. The van der Waals surface area contributed by atoms with E-state index in [9.17, 15) is 13.2 Å². The van der Waals surface area contributed by atoms with Crippen molar-refractivity contribution in [3.8, 4) is 6.07 Å². The van der Waals surface area contributed by atoms with Gasteiger partial charge in [0.2, 0.25) is 0 Å². The standard InChI is InChI=1S/C9H15NO4S/c1-14-9(11)5-8-15(12,13)7-4-2-3-6-10/h2-5,7-8H2,1H3. The minimum Gasteiger partial charge on any atom is -0.469 e. The van der Waals surface area contributed by atoms with Crippen molar-refractivity contribution in [2.24, 2.45) is 0 Å². The normalized spacial score (nSPS) is 10.7. The van der Waals surface area contributed by atoms with Crippen LogP contribution in [0.2, 0.25) is 0 Å². The fraction of sp³-hybridized carbons (Fsp3) is 0.778. The van der Waals surface area contributed by atoms with Crippen LogP contribution in [0.3, 0.4) is 0 Å². The van der Waals surface area contributed by atoms with Gasteiger partial charge in [-0.15, -0.1) is 0 Å². The molecule has 0 aliphatic carbocycles. The summed E-state index contributed by atoms with van der Waals surface area (Å²) in [6.07, 6.45) is 1.31. The van der Waals surface area contributed by atoms with Crippen LogP contribution >= 0.6 is 0 Å². The Morgan fingerprint density at radius 2 is 2.00 bits per heavy atom. The van der Waals surface area contributed by atoms with Gasteiger partial charge in [0, 0.05) is 6.42 Å². The van der Waals surface area contributed by atoms with Gasteiger partial charge in [0.05, 0.1) is 31.1 Å². The molecule has 0 saturated carbocycles. The van der Waals surface area contributed by atoms with Crippen molar-refractivity contribution in [2.75, 3.05) is 18.6 Å². The van der Waals surface area contributed by atoms with Crippen LogP contribution in [0.5, 0.6) is 0 Å². The lowest BCUT2D eigenvalue weighted by atomic mass is 10.3. The Kier molecular flexibility index (Phi) is 6.71. The van der Waals surface area contributed by atoms with Crippen LogP contribution < -0.4 is 0 Å². The fourth-order valence-electron chi connectivity index (χ4n) is 0.969. The molecule has 0 aromatic rings. The van der Waals surface area contributed by atoms with Crippen LogP contribution in [0.25, 0.3) is 0 Å². The first-order valence-electron chi connectivity index (χ1n) is 4.66. The molecule has 6 heteroatoms. The smallest absolute Gasteiger partial charge is 0.306 e. The Labute approximate surface area is 90.0 Å². The zero-order valence-corrected chi connectivity index (χ0v) is 9.55. The van der Waals surface area contributed by atoms with Gasteiger partial charge in [0.25, 0.3) is 0 Å². The molecule has 0 spiro atoms. The summed E-state index contributed by atoms with van der Waals surface area (Å²) in [5, 5.41) is 8.24. The Hall–Kier alpha value is -1.09. The lowest BCUT2D eigenvalue weighted by molar-refractivity contribution is -0.140. The molecule has 0 aliphatic rings. The zero-order chi connectivity index (χ0) is 11.7. The number of nitriles is 1. The fourth-order valence-corrected chi connectivity index (χ4v) is 2.29. The third-order valence-corrected chi connectivity index (χ3v) is 3.58. The van der Waals surface area contributed by atoms with E-state index in [1.165, 1.54) is 7.11 Å². The second kappa shape index (κ2) is 7.23. The highest BCUT2D eigenvalue weighted by molar-refractivity contribution is 7.91. The summed E-state index contributed by atoms with van der Waals surface area (Å²) in [5.41, 5.74) is 0. The van der Waals surface area contributed by atoms with Gasteiger partial charge < -0.3 is 4.74 Å². The van der Waals surface area contributed by atoms with E-state index in [0.717, 1.165) is 0 Å². The summed E-state index contributed by atoms with van der Waals surface area (Å²) in [7, 11) is -1.95. The summed E-state index contributed by atoms with van der Waals surface area (Å²) in [6, 6.07) is 1.94. The van der Waals surface area contributed by atoms with Gasteiger partial charge in [-0.05, 0) is 12.8 Å². The summed E-state index contributed by atoms with van der Waals surface area (Å²) in [5.74, 6) is -0.659. The molecule has 0 unspecified atom stereocenters. The minimum absolute atomic E-state index is 0.0334. The topological polar surface area (TPSA) is 84.2 Å². The monoisotopic (exact) mass is 233 g/mol. The first-order chi connectivity index (χ1) is 7.02. The third-order valence-electron chi connectivity index (χ3n) is 1.84. The molecule has 86 valence electrons. The van der Waals surface area contributed by atoms with Crippen molar-refractivity contribution < 1.29 is 17.9 Å². The number of methoxy groups -OCH3 is 1. The molecule has 0 atom stereocenters. The summed E-state index contributed by atoms with van der Waals surface area (Å²) < 4.78 is 27.0. The van der Waals surface area contributed by atoms with Gasteiger partial charge in [0.15, 0.2) is 9.84 Å². The minimum atomic E-state index is -3.18. The average molecular weight is 233 g/mol. The maximum atomic E-state index is 11.3. The van der Waals surface area contributed by atoms with E-state index < -0.39 is 15.8 Å². The number of ether oxygens (including phenoxy) is 1. The first-order valence-corrected chi connectivity index (χ1v) is 6.48. The molecule has 15 heavy (non-hydrogen) atoms. The quantitative estimate of drug-likeness (QED) is 0.476. The van der Waals surface area contributed by atoms with Gasteiger partial charge in [-0.25, -0.2) is 8.42 Å². The Balaban J connectivity index is 3.78. The van der Waals surface area contributed by atoms with Crippen molar-refractivity contribution in [3.63, 3.8) is 0 Å². The van der Waals surface area contributed by atoms with Crippen LogP contribution in [0.4, 0.5) is 0 Å². The molecule has 0 N–H and O–H groups in total. The third kappa shape index (κ3) is 7.94. The highest BCUT2D eigenvalue weighted by atomic mass is 32.2. The van der Waals surface area contributed by atoms with Crippen LogP contribution in [-0.4, -0.2) is 33.0 Å². The van der Waals surface area contributed by atoms with Crippen molar-refractivity contribution in [3.05, 3.63) is 0 Å². The van der Waals surface area contributed by atoms with Crippen LogP contribution in [-0.2, 0) is 19.4 Å². The molecule has 0 saturated heterocycles. The summed E-state index contributed by atoms with van der Waals surface area (Å²) in [4.78, 5) is 10.7. The molecule has 0 bridgehead atoms. The highest BCUT2D eigenvalue weighted by Crippen LogP contribution is 2.02. The van der Waals surface area contributed by atoms with Gasteiger partial charge in [-0.3, -0.25) is 4.79 Å². The lowest BCUT2D eigenvalue weighted by Crippen LogP contribution is -2.15. The van der Waals surface area contributed by atoms with Gasteiger partial charge in [0.1, 0.15) is 0 Å². The van der Waals surface area contributed by atoms with E-state index >= 15 is 0 Å². The Morgan fingerprint density at radius 3 is 2.53 bits per heavy atom. The summed E-state index contributed by atoms with van der Waals surface area (Å²) in [6.45, 7) is 0. The number of unbranched alkanes of at least 4 members (excludes halogenated alkanes) is 2. The molecule has 0 radical (unpaired) electrons. The van der Waals surface area contributed by atoms with Crippen molar-refractivity contribution in [2.45, 2.75) is 25.7 Å². The van der Waals surface area contributed by atoms with E-state index in [2.05, 4.69) is 4.74 Å². The number of esters is 1. The van der Waals surface area contributed by atoms with Crippen molar-refractivity contribution in [1.29, 1.82) is 5.26 Å².